The summed E-state index contributed by atoms with van der Waals surface area (Å²) in [4.78, 5) is 4.67. The van der Waals surface area contributed by atoms with E-state index >= 15 is 0 Å². The van der Waals surface area contributed by atoms with Gasteiger partial charge >= 0.3 is 0 Å². The Morgan fingerprint density at radius 2 is 1.91 bits per heavy atom. The molecule has 0 radical (unpaired) electrons. The third-order valence-corrected chi connectivity index (χ3v) is 4.16. The number of aliphatic hydroxyl groups excluding tert-OH is 1. The van der Waals surface area contributed by atoms with Gasteiger partial charge < -0.3 is 5.11 Å². The number of thiazole rings is 1. The molecule has 0 fully saturated rings. The molecular weight excluding hydrogens is 296 g/mol. The molecule has 0 aliphatic carbocycles. The first kappa shape index (κ1) is 14.9. The van der Waals surface area contributed by atoms with Crippen molar-refractivity contribution in [2.24, 2.45) is 0 Å². The zero-order chi connectivity index (χ0) is 15.7. The maximum Gasteiger partial charge on any atom is 0.212 e. The van der Waals surface area contributed by atoms with Crippen LogP contribution < -0.4 is 0 Å². The van der Waals surface area contributed by atoms with Crippen molar-refractivity contribution in [2.45, 2.75) is 32.8 Å². The fraction of sp³-hybridized carbons (Fsp3) is 0.312. The summed E-state index contributed by atoms with van der Waals surface area (Å²) in [6, 6.07) is 10.0. The van der Waals surface area contributed by atoms with Gasteiger partial charge in [0, 0.05) is 16.4 Å². The zero-order valence-corrected chi connectivity index (χ0v) is 13.6. The van der Waals surface area contributed by atoms with Gasteiger partial charge in [-0.25, -0.2) is 4.98 Å². The van der Waals surface area contributed by atoms with Gasteiger partial charge in [-0.2, -0.15) is 4.68 Å². The summed E-state index contributed by atoms with van der Waals surface area (Å²) in [5.74, 6) is 0. The van der Waals surface area contributed by atoms with Crippen LogP contribution in [0.1, 0.15) is 32.2 Å². The predicted octanol–water partition coefficient (Wildman–Crippen LogP) is 3.18. The van der Waals surface area contributed by atoms with Gasteiger partial charge in [-0.1, -0.05) is 56.3 Å². The van der Waals surface area contributed by atoms with Crippen molar-refractivity contribution in [1.29, 1.82) is 0 Å². The molecule has 0 spiro atoms. The smallest absolute Gasteiger partial charge is 0.212 e. The Bertz CT molecular complexity index is 771. The fourth-order valence-electron chi connectivity index (χ4n) is 2.41. The molecule has 5 nitrogen and oxygen atoms in total. The van der Waals surface area contributed by atoms with Crippen LogP contribution in [0.4, 0.5) is 0 Å². The van der Waals surface area contributed by atoms with Crippen molar-refractivity contribution in [1.82, 2.24) is 20.0 Å². The third kappa shape index (κ3) is 2.67. The molecule has 0 bridgehead atoms. The Hall–Kier alpha value is -2.05. The molecule has 0 saturated heterocycles. The van der Waals surface area contributed by atoms with E-state index in [0.29, 0.717) is 5.69 Å². The standard InChI is InChI=1S/C16H18N4OS/c1-16(2,3)14-12(9-21)18-19-20(14)15-17-13(10-22-15)11-7-5-4-6-8-11/h4-8,10,21H,9H2,1-3H3. The molecule has 0 aliphatic rings. The molecule has 0 aliphatic heterocycles. The number of hydrogen-bond donors (Lipinski definition) is 1. The minimum Gasteiger partial charge on any atom is -0.390 e. The molecule has 2 aromatic heterocycles. The van der Waals surface area contributed by atoms with E-state index in [-0.39, 0.29) is 12.0 Å². The van der Waals surface area contributed by atoms with Gasteiger partial charge in [0.25, 0.3) is 0 Å². The van der Waals surface area contributed by atoms with E-state index in [1.54, 1.807) is 4.68 Å². The lowest BCUT2D eigenvalue weighted by Crippen LogP contribution is -2.19. The summed E-state index contributed by atoms with van der Waals surface area (Å²) in [6.45, 7) is 6.11. The molecule has 3 rings (SSSR count). The lowest BCUT2D eigenvalue weighted by molar-refractivity contribution is 0.273. The van der Waals surface area contributed by atoms with Crippen molar-refractivity contribution in [3.05, 3.63) is 47.1 Å². The van der Waals surface area contributed by atoms with Crippen LogP contribution in [-0.4, -0.2) is 25.1 Å². The molecule has 0 saturated carbocycles. The van der Waals surface area contributed by atoms with Gasteiger partial charge in [0.15, 0.2) is 0 Å². The maximum atomic E-state index is 9.49. The lowest BCUT2D eigenvalue weighted by atomic mass is 9.90. The average Bonchev–Trinajstić information content (AvgIpc) is 3.14. The topological polar surface area (TPSA) is 63.8 Å². The molecule has 114 valence electrons. The highest BCUT2D eigenvalue weighted by Crippen LogP contribution is 2.30. The fourth-order valence-corrected chi connectivity index (χ4v) is 3.19. The second-order valence-electron chi connectivity index (χ2n) is 6.09. The molecule has 1 N–H and O–H groups in total. The first-order chi connectivity index (χ1) is 10.5. The Morgan fingerprint density at radius 1 is 1.18 bits per heavy atom. The lowest BCUT2D eigenvalue weighted by Gasteiger charge is -2.19. The van der Waals surface area contributed by atoms with E-state index in [4.69, 9.17) is 0 Å². The van der Waals surface area contributed by atoms with Gasteiger partial charge in [0.05, 0.1) is 18.0 Å². The second-order valence-corrected chi connectivity index (χ2v) is 6.92. The van der Waals surface area contributed by atoms with Crippen LogP contribution in [0.2, 0.25) is 0 Å². The maximum absolute atomic E-state index is 9.49. The Morgan fingerprint density at radius 3 is 2.55 bits per heavy atom. The first-order valence-electron chi connectivity index (χ1n) is 7.08. The van der Waals surface area contributed by atoms with Crippen LogP contribution in [0.5, 0.6) is 0 Å². The quantitative estimate of drug-likeness (QED) is 0.806. The molecule has 2 heterocycles. The Labute approximate surface area is 133 Å². The third-order valence-electron chi connectivity index (χ3n) is 3.34. The molecule has 1 aromatic carbocycles. The summed E-state index contributed by atoms with van der Waals surface area (Å²) < 4.78 is 1.74. The molecular formula is C16H18N4OS. The summed E-state index contributed by atoms with van der Waals surface area (Å²) >= 11 is 1.52. The van der Waals surface area contributed by atoms with Gasteiger partial charge in [0.1, 0.15) is 5.69 Å². The second kappa shape index (κ2) is 5.62. The number of rotatable bonds is 3. The van der Waals surface area contributed by atoms with E-state index in [0.717, 1.165) is 22.1 Å². The van der Waals surface area contributed by atoms with Crippen LogP contribution in [0.15, 0.2) is 35.7 Å². The monoisotopic (exact) mass is 314 g/mol. The van der Waals surface area contributed by atoms with Crippen molar-refractivity contribution in [3.8, 4) is 16.4 Å². The molecule has 6 heteroatoms. The van der Waals surface area contributed by atoms with Crippen LogP contribution in [0.25, 0.3) is 16.4 Å². The van der Waals surface area contributed by atoms with E-state index in [2.05, 4.69) is 36.1 Å². The zero-order valence-electron chi connectivity index (χ0n) is 12.8. The average molecular weight is 314 g/mol. The van der Waals surface area contributed by atoms with Gasteiger partial charge in [-0.05, 0) is 0 Å². The van der Waals surface area contributed by atoms with Crippen LogP contribution in [-0.2, 0) is 12.0 Å². The molecule has 0 amide bonds. The van der Waals surface area contributed by atoms with E-state index in [1.165, 1.54) is 11.3 Å². The summed E-state index contributed by atoms with van der Waals surface area (Å²) in [5, 5.41) is 20.5. The highest BCUT2D eigenvalue weighted by molar-refractivity contribution is 7.12. The Kier molecular flexibility index (Phi) is 3.80. The number of aliphatic hydroxyl groups is 1. The largest absolute Gasteiger partial charge is 0.390 e. The summed E-state index contributed by atoms with van der Waals surface area (Å²) in [5.41, 5.74) is 3.30. The highest BCUT2D eigenvalue weighted by Gasteiger charge is 2.26. The predicted molar refractivity (Wildman–Crippen MR) is 87.1 cm³/mol. The highest BCUT2D eigenvalue weighted by atomic mass is 32.1. The molecule has 0 atom stereocenters. The van der Waals surface area contributed by atoms with Gasteiger partial charge in [-0.3, -0.25) is 0 Å². The van der Waals surface area contributed by atoms with Gasteiger partial charge in [0.2, 0.25) is 5.13 Å². The minimum absolute atomic E-state index is 0.122. The van der Waals surface area contributed by atoms with Crippen molar-refractivity contribution >= 4 is 11.3 Å². The van der Waals surface area contributed by atoms with Crippen LogP contribution >= 0.6 is 11.3 Å². The van der Waals surface area contributed by atoms with E-state index < -0.39 is 0 Å². The first-order valence-corrected chi connectivity index (χ1v) is 7.96. The number of hydrogen-bond acceptors (Lipinski definition) is 5. The molecule has 3 aromatic rings. The van der Waals surface area contributed by atoms with Crippen molar-refractivity contribution in [2.75, 3.05) is 0 Å². The van der Waals surface area contributed by atoms with Crippen molar-refractivity contribution < 1.29 is 5.11 Å². The number of aromatic nitrogens is 4. The number of nitrogens with zero attached hydrogens (tertiary/aromatic N) is 4. The normalized spacial score (nSPS) is 11.8. The molecule has 22 heavy (non-hydrogen) atoms. The van der Waals surface area contributed by atoms with E-state index in [1.807, 2.05) is 35.7 Å². The van der Waals surface area contributed by atoms with Crippen LogP contribution in [0.3, 0.4) is 0 Å². The summed E-state index contributed by atoms with van der Waals surface area (Å²) in [7, 11) is 0. The molecule has 0 unspecified atom stereocenters. The van der Waals surface area contributed by atoms with Crippen molar-refractivity contribution in [3.63, 3.8) is 0 Å². The van der Waals surface area contributed by atoms with Crippen LogP contribution in [0, 0.1) is 0 Å². The SMILES string of the molecule is CC(C)(C)c1c(CO)nnn1-c1nc(-c2ccccc2)cs1. The Balaban J connectivity index is 2.06. The van der Waals surface area contributed by atoms with Gasteiger partial charge in [-0.15, -0.1) is 16.4 Å². The number of benzene rings is 1. The minimum atomic E-state index is -0.180. The summed E-state index contributed by atoms with van der Waals surface area (Å²) in [6.07, 6.45) is 0. The van der Waals surface area contributed by atoms with E-state index in [9.17, 15) is 5.11 Å².